The van der Waals surface area contributed by atoms with Gasteiger partial charge in [-0.15, -0.1) is 10.2 Å². The zero-order valence-corrected chi connectivity index (χ0v) is 21.1. The average molecular weight is 495 g/mol. The van der Waals surface area contributed by atoms with Crippen molar-refractivity contribution in [1.29, 1.82) is 0 Å². The molecule has 1 aromatic carbocycles. The Balaban J connectivity index is 1.55. The fraction of sp³-hybridized carbons (Fsp3) is 0.500. The van der Waals surface area contributed by atoms with Crippen LogP contribution in [0, 0.1) is 6.92 Å². The van der Waals surface area contributed by atoms with E-state index in [1.807, 2.05) is 44.2 Å². The third-order valence-electron chi connectivity index (χ3n) is 6.47. The summed E-state index contributed by atoms with van der Waals surface area (Å²) >= 11 is 0. The molecule has 0 bridgehead atoms. The van der Waals surface area contributed by atoms with Crippen LogP contribution in [0.5, 0.6) is 5.75 Å². The van der Waals surface area contributed by atoms with Crippen molar-refractivity contribution in [1.82, 2.24) is 30.4 Å². The maximum Gasteiger partial charge on any atom is 0.247 e. The lowest BCUT2D eigenvalue weighted by molar-refractivity contribution is -0.142. The monoisotopic (exact) mass is 494 g/mol. The normalized spacial score (nSPS) is 14.5. The van der Waals surface area contributed by atoms with Crippen molar-refractivity contribution < 1.29 is 18.7 Å². The van der Waals surface area contributed by atoms with E-state index in [2.05, 4.69) is 20.7 Å². The van der Waals surface area contributed by atoms with Crippen LogP contribution in [0.3, 0.4) is 0 Å². The number of nitrogens with one attached hydrogen (secondary N) is 1. The molecule has 10 heteroatoms. The summed E-state index contributed by atoms with van der Waals surface area (Å²) in [6, 6.07) is 10.7. The highest BCUT2D eigenvalue weighted by atomic mass is 16.5. The number of rotatable bonds is 11. The van der Waals surface area contributed by atoms with E-state index in [1.165, 1.54) is 4.80 Å². The molecule has 1 saturated carbocycles. The summed E-state index contributed by atoms with van der Waals surface area (Å²) in [6.45, 7) is 3.99. The van der Waals surface area contributed by atoms with Crippen molar-refractivity contribution >= 4 is 11.8 Å². The molecule has 1 aliphatic carbocycles. The first-order valence-electron chi connectivity index (χ1n) is 12.5. The predicted molar refractivity (Wildman–Crippen MR) is 133 cm³/mol. The number of furan rings is 1. The Morgan fingerprint density at radius 1 is 1.19 bits per heavy atom. The largest absolute Gasteiger partial charge is 0.497 e. The number of hydrogen-bond acceptors (Lipinski definition) is 7. The summed E-state index contributed by atoms with van der Waals surface area (Å²) in [6.07, 6.45) is 5.52. The molecule has 1 atom stereocenters. The van der Waals surface area contributed by atoms with E-state index in [9.17, 15) is 9.59 Å². The van der Waals surface area contributed by atoms with Crippen LogP contribution in [0.15, 0.2) is 40.8 Å². The Bertz CT molecular complexity index is 1150. The number of ether oxygens (including phenoxy) is 1. The van der Waals surface area contributed by atoms with Gasteiger partial charge in [-0.3, -0.25) is 9.59 Å². The third-order valence-corrected chi connectivity index (χ3v) is 6.47. The lowest BCUT2D eigenvalue weighted by atomic mass is 10.1. The van der Waals surface area contributed by atoms with Gasteiger partial charge in [0.2, 0.25) is 17.6 Å². The molecule has 192 valence electrons. The van der Waals surface area contributed by atoms with Gasteiger partial charge in [-0.05, 0) is 61.2 Å². The maximum absolute atomic E-state index is 13.6. The van der Waals surface area contributed by atoms with E-state index < -0.39 is 6.04 Å². The van der Waals surface area contributed by atoms with Crippen molar-refractivity contribution in [3.05, 3.63) is 47.7 Å². The molecule has 0 unspecified atom stereocenters. The standard InChI is InChI=1S/C26H34N6O4/c1-4-7-22(26(34)27-20-8-5-6-9-20)31(16-19-11-13-21(35-3)14-12-19)24(33)17-32-29-25(28-30-32)23-15-10-18(2)36-23/h10-15,20,22H,4-9,16-17H2,1-3H3,(H,27,34)/t22-/m0/s1. The van der Waals surface area contributed by atoms with Crippen LogP contribution in [-0.4, -0.2) is 56.1 Å². The number of nitrogens with zero attached hydrogens (tertiary/aromatic N) is 5. The molecule has 2 aromatic heterocycles. The molecule has 1 N–H and O–H groups in total. The van der Waals surface area contributed by atoms with E-state index in [4.69, 9.17) is 9.15 Å². The van der Waals surface area contributed by atoms with Gasteiger partial charge in [-0.2, -0.15) is 4.80 Å². The Kier molecular flexibility index (Phi) is 8.35. The van der Waals surface area contributed by atoms with Crippen molar-refractivity contribution in [2.75, 3.05) is 7.11 Å². The highest BCUT2D eigenvalue weighted by Gasteiger charge is 2.31. The molecule has 2 amide bonds. The molecular weight excluding hydrogens is 460 g/mol. The van der Waals surface area contributed by atoms with Crippen LogP contribution >= 0.6 is 0 Å². The Morgan fingerprint density at radius 3 is 2.58 bits per heavy atom. The van der Waals surface area contributed by atoms with Crippen molar-refractivity contribution in [3.8, 4) is 17.3 Å². The zero-order valence-electron chi connectivity index (χ0n) is 21.1. The first-order valence-corrected chi connectivity index (χ1v) is 12.5. The number of hydrogen-bond donors (Lipinski definition) is 1. The molecule has 0 saturated heterocycles. The summed E-state index contributed by atoms with van der Waals surface area (Å²) in [5, 5.41) is 15.6. The first kappa shape index (κ1) is 25.4. The molecule has 0 aliphatic heterocycles. The first-order chi connectivity index (χ1) is 17.5. The highest BCUT2D eigenvalue weighted by Crippen LogP contribution is 2.21. The van der Waals surface area contributed by atoms with E-state index >= 15 is 0 Å². The number of aromatic nitrogens is 4. The number of carbonyl (C=O) groups excluding carboxylic acids is 2. The predicted octanol–water partition coefficient (Wildman–Crippen LogP) is 3.51. The smallest absolute Gasteiger partial charge is 0.247 e. The van der Waals surface area contributed by atoms with Crippen LogP contribution in [0.25, 0.3) is 11.6 Å². The summed E-state index contributed by atoms with van der Waals surface area (Å²) < 4.78 is 10.8. The summed E-state index contributed by atoms with van der Waals surface area (Å²) in [5.74, 6) is 1.89. The second kappa shape index (κ2) is 11.8. The molecule has 4 rings (SSSR count). The molecule has 1 aliphatic rings. The lowest BCUT2D eigenvalue weighted by Gasteiger charge is -2.32. The zero-order chi connectivity index (χ0) is 25.5. The van der Waals surface area contributed by atoms with Crippen LogP contribution in [0.4, 0.5) is 0 Å². The summed E-state index contributed by atoms with van der Waals surface area (Å²) in [4.78, 5) is 29.9. The molecule has 3 aromatic rings. The molecule has 0 spiro atoms. The second-order valence-electron chi connectivity index (χ2n) is 9.22. The van der Waals surface area contributed by atoms with E-state index in [0.717, 1.165) is 49.2 Å². The van der Waals surface area contributed by atoms with Crippen LogP contribution in [0.1, 0.15) is 56.8 Å². The maximum atomic E-state index is 13.6. The van der Waals surface area contributed by atoms with Crippen LogP contribution in [0.2, 0.25) is 0 Å². The van der Waals surface area contributed by atoms with Crippen molar-refractivity contribution in [2.24, 2.45) is 0 Å². The Hall–Kier alpha value is -3.69. The van der Waals surface area contributed by atoms with Gasteiger partial charge in [-0.25, -0.2) is 0 Å². The summed E-state index contributed by atoms with van der Waals surface area (Å²) in [7, 11) is 1.61. The van der Waals surface area contributed by atoms with Gasteiger partial charge >= 0.3 is 0 Å². The molecule has 10 nitrogen and oxygen atoms in total. The average Bonchev–Trinajstić information content (AvgIpc) is 3.64. The van der Waals surface area contributed by atoms with Crippen molar-refractivity contribution in [3.63, 3.8) is 0 Å². The van der Waals surface area contributed by atoms with Gasteiger partial charge < -0.3 is 19.4 Å². The highest BCUT2D eigenvalue weighted by molar-refractivity contribution is 5.87. The van der Waals surface area contributed by atoms with Crippen molar-refractivity contribution in [2.45, 2.75) is 77.5 Å². The van der Waals surface area contributed by atoms with Gasteiger partial charge in [0.05, 0.1) is 7.11 Å². The number of benzene rings is 1. The minimum absolute atomic E-state index is 0.107. The number of amides is 2. The molecule has 36 heavy (non-hydrogen) atoms. The lowest BCUT2D eigenvalue weighted by Crippen LogP contribution is -2.52. The van der Waals surface area contributed by atoms with E-state index in [0.29, 0.717) is 18.0 Å². The topological polar surface area (TPSA) is 115 Å². The quantitative estimate of drug-likeness (QED) is 0.434. The Labute approximate surface area is 211 Å². The molecular formula is C26H34N6O4. The third kappa shape index (κ3) is 6.30. The molecule has 2 heterocycles. The van der Waals surface area contributed by atoms with Crippen LogP contribution < -0.4 is 10.1 Å². The van der Waals surface area contributed by atoms with Gasteiger partial charge in [0.15, 0.2) is 5.76 Å². The minimum Gasteiger partial charge on any atom is -0.497 e. The van der Waals surface area contributed by atoms with Gasteiger partial charge in [-0.1, -0.05) is 38.3 Å². The fourth-order valence-electron chi connectivity index (χ4n) is 4.54. The summed E-state index contributed by atoms with van der Waals surface area (Å²) in [5.41, 5.74) is 0.900. The molecule has 1 fully saturated rings. The number of tetrazole rings is 1. The molecule has 0 radical (unpaired) electrons. The number of carbonyl (C=O) groups is 2. The van der Waals surface area contributed by atoms with E-state index in [-0.39, 0.29) is 30.9 Å². The fourth-order valence-corrected chi connectivity index (χ4v) is 4.54. The van der Waals surface area contributed by atoms with Crippen LogP contribution in [-0.2, 0) is 22.7 Å². The van der Waals surface area contributed by atoms with E-state index in [1.54, 1.807) is 18.1 Å². The van der Waals surface area contributed by atoms with Gasteiger partial charge in [0, 0.05) is 12.6 Å². The Morgan fingerprint density at radius 2 is 1.94 bits per heavy atom. The SMILES string of the molecule is CCC[C@@H](C(=O)NC1CCCC1)N(Cc1ccc(OC)cc1)C(=O)Cn1nnc(-c2ccc(C)o2)n1. The van der Waals surface area contributed by atoms with Gasteiger partial charge in [0.1, 0.15) is 24.1 Å². The van der Waals surface area contributed by atoms with Gasteiger partial charge in [0.25, 0.3) is 0 Å². The second-order valence-corrected chi connectivity index (χ2v) is 9.22. The minimum atomic E-state index is -0.596. The number of methoxy groups -OCH3 is 1. The number of aryl methyl sites for hydroxylation is 1.